The summed E-state index contributed by atoms with van der Waals surface area (Å²) < 4.78 is 41.8. The Morgan fingerprint density at radius 1 is 1.07 bits per heavy atom. The molecule has 3 aromatic rings. The normalized spacial score (nSPS) is 10.8. The number of anilines is 4. The molecule has 0 aliphatic rings. The Hall–Kier alpha value is -3.75. The zero-order valence-electron chi connectivity index (χ0n) is 14.8. The fourth-order valence-corrected chi connectivity index (χ4v) is 2.77. The molecule has 0 amide bonds. The topological polar surface area (TPSA) is 143 Å². The van der Waals surface area contributed by atoms with E-state index in [1.807, 2.05) is 6.07 Å². The number of nitrogens with two attached hydrogens (primary N) is 1. The molecule has 0 aliphatic carbocycles. The van der Waals surface area contributed by atoms with Crippen LogP contribution in [0.2, 0.25) is 0 Å². The van der Waals surface area contributed by atoms with Gasteiger partial charge in [0.1, 0.15) is 11.8 Å². The predicted molar refractivity (Wildman–Crippen MR) is 104 cm³/mol. The van der Waals surface area contributed by atoms with Crippen molar-refractivity contribution in [2.45, 2.75) is 4.90 Å². The number of nitrogens with zero attached hydrogens (tertiary/aromatic N) is 3. The maximum absolute atomic E-state index is 14.1. The number of hydrogen-bond acceptors (Lipinski definition) is 8. The average molecular weight is 414 g/mol. The van der Waals surface area contributed by atoms with Gasteiger partial charge in [0.25, 0.3) is 0 Å². The minimum absolute atomic E-state index is 0.0346. The standard InChI is InChI=1S/C18H15FN6O3S/c19-16-11-22-18(24-13-3-7-15(8-4-13)29(21,26)27)25-17(16)23-12-1-5-14(6-2-12)28-10-9-20/h1-8,11H,10H2,(H2,21,26,27)(H2,22,23,24,25). The molecule has 1 heterocycles. The van der Waals surface area contributed by atoms with E-state index in [1.165, 1.54) is 24.3 Å². The first-order valence-electron chi connectivity index (χ1n) is 8.14. The van der Waals surface area contributed by atoms with Gasteiger partial charge < -0.3 is 15.4 Å². The fourth-order valence-electron chi connectivity index (χ4n) is 2.26. The van der Waals surface area contributed by atoms with Gasteiger partial charge in [-0.1, -0.05) is 0 Å². The molecule has 0 fully saturated rings. The third-order valence-corrected chi connectivity index (χ3v) is 4.53. The number of aromatic nitrogens is 2. The maximum atomic E-state index is 14.1. The third kappa shape index (κ3) is 5.38. The van der Waals surface area contributed by atoms with E-state index < -0.39 is 15.8 Å². The number of sulfonamides is 1. The van der Waals surface area contributed by atoms with Crippen LogP contribution >= 0.6 is 0 Å². The molecule has 11 heteroatoms. The summed E-state index contributed by atoms with van der Waals surface area (Å²) in [5.74, 6) is -0.115. The van der Waals surface area contributed by atoms with Crippen LogP contribution in [0.5, 0.6) is 5.75 Å². The predicted octanol–water partition coefficient (Wildman–Crippen LogP) is 2.65. The van der Waals surface area contributed by atoms with E-state index in [2.05, 4.69) is 20.6 Å². The Morgan fingerprint density at radius 2 is 1.69 bits per heavy atom. The van der Waals surface area contributed by atoms with Crippen LogP contribution in [0.3, 0.4) is 0 Å². The van der Waals surface area contributed by atoms with Crippen LogP contribution in [-0.4, -0.2) is 25.0 Å². The van der Waals surface area contributed by atoms with Gasteiger partial charge in [-0.25, -0.2) is 22.9 Å². The van der Waals surface area contributed by atoms with E-state index in [0.29, 0.717) is 17.1 Å². The molecule has 0 saturated heterocycles. The van der Waals surface area contributed by atoms with Crippen molar-refractivity contribution in [2.24, 2.45) is 5.14 Å². The number of primary sulfonamides is 1. The summed E-state index contributed by atoms with van der Waals surface area (Å²) in [6, 6.07) is 14.1. The highest BCUT2D eigenvalue weighted by Gasteiger charge is 2.10. The summed E-state index contributed by atoms with van der Waals surface area (Å²) >= 11 is 0. The fraction of sp³-hybridized carbons (Fsp3) is 0.0556. The van der Waals surface area contributed by atoms with Crippen molar-refractivity contribution in [3.05, 3.63) is 60.5 Å². The zero-order chi connectivity index (χ0) is 20.9. The van der Waals surface area contributed by atoms with Crippen LogP contribution in [0, 0.1) is 17.1 Å². The molecule has 0 bridgehead atoms. The smallest absolute Gasteiger partial charge is 0.238 e. The van der Waals surface area contributed by atoms with Crippen LogP contribution in [0.15, 0.2) is 59.6 Å². The first kappa shape index (κ1) is 20.0. The third-order valence-electron chi connectivity index (χ3n) is 3.60. The second-order valence-corrected chi connectivity index (χ2v) is 7.24. The van der Waals surface area contributed by atoms with Crippen molar-refractivity contribution in [3.8, 4) is 11.8 Å². The van der Waals surface area contributed by atoms with Gasteiger partial charge in [-0.15, -0.1) is 0 Å². The molecule has 0 radical (unpaired) electrons. The molecular formula is C18H15FN6O3S. The molecule has 0 saturated carbocycles. The van der Waals surface area contributed by atoms with Gasteiger partial charge in [0, 0.05) is 11.4 Å². The number of hydrogen-bond donors (Lipinski definition) is 3. The summed E-state index contributed by atoms with van der Waals surface area (Å²) in [7, 11) is -3.79. The highest BCUT2D eigenvalue weighted by molar-refractivity contribution is 7.89. The molecule has 0 spiro atoms. The lowest BCUT2D eigenvalue weighted by molar-refractivity contribution is 0.368. The van der Waals surface area contributed by atoms with E-state index in [1.54, 1.807) is 24.3 Å². The first-order chi connectivity index (χ1) is 13.8. The summed E-state index contributed by atoms with van der Waals surface area (Å²) in [6.07, 6.45) is 1.00. The van der Waals surface area contributed by atoms with E-state index in [0.717, 1.165) is 6.20 Å². The molecule has 3 rings (SSSR count). The number of nitrogens with one attached hydrogen (secondary N) is 2. The van der Waals surface area contributed by atoms with Crippen molar-refractivity contribution in [3.63, 3.8) is 0 Å². The molecule has 29 heavy (non-hydrogen) atoms. The SMILES string of the molecule is N#CCOc1ccc(Nc2nc(Nc3ccc(S(N)(=O)=O)cc3)ncc2F)cc1. The van der Waals surface area contributed by atoms with Crippen LogP contribution in [-0.2, 0) is 10.0 Å². The summed E-state index contributed by atoms with van der Waals surface area (Å²) in [4.78, 5) is 7.91. The maximum Gasteiger partial charge on any atom is 0.238 e. The molecule has 4 N–H and O–H groups in total. The van der Waals surface area contributed by atoms with Gasteiger partial charge in [0.2, 0.25) is 16.0 Å². The van der Waals surface area contributed by atoms with Gasteiger partial charge >= 0.3 is 0 Å². The lowest BCUT2D eigenvalue weighted by atomic mass is 10.3. The zero-order valence-corrected chi connectivity index (χ0v) is 15.6. The number of benzene rings is 2. The Kier molecular flexibility index (Phi) is 5.87. The minimum Gasteiger partial charge on any atom is -0.479 e. The van der Waals surface area contributed by atoms with E-state index in [9.17, 15) is 12.8 Å². The molecule has 1 aromatic heterocycles. The van der Waals surface area contributed by atoms with Crippen molar-refractivity contribution in [1.82, 2.24) is 9.97 Å². The van der Waals surface area contributed by atoms with Crippen molar-refractivity contribution in [1.29, 1.82) is 5.26 Å². The van der Waals surface area contributed by atoms with Crippen molar-refractivity contribution < 1.29 is 17.5 Å². The van der Waals surface area contributed by atoms with Crippen LogP contribution in [0.1, 0.15) is 0 Å². The monoisotopic (exact) mass is 414 g/mol. The molecule has 2 aromatic carbocycles. The number of rotatable bonds is 7. The number of nitriles is 1. The lowest BCUT2D eigenvalue weighted by Gasteiger charge is -2.10. The summed E-state index contributed by atoms with van der Waals surface area (Å²) in [5.41, 5.74) is 1.05. The Morgan fingerprint density at radius 3 is 2.31 bits per heavy atom. The van der Waals surface area contributed by atoms with Crippen molar-refractivity contribution >= 4 is 33.2 Å². The van der Waals surface area contributed by atoms with Gasteiger partial charge in [0.15, 0.2) is 18.2 Å². The summed E-state index contributed by atoms with van der Waals surface area (Å²) in [6.45, 7) is -0.0689. The molecular weight excluding hydrogens is 399 g/mol. The highest BCUT2D eigenvalue weighted by atomic mass is 32.2. The number of halogens is 1. The molecule has 9 nitrogen and oxygen atoms in total. The number of ether oxygens (including phenoxy) is 1. The van der Waals surface area contributed by atoms with E-state index in [-0.39, 0.29) is 23.3 Å². The Labute approximate surface area is 166 Å². The van der Waals surface area contributed by atoms with Gasteiger partial charge in [-0.3, -0.25) is 0 Å². The molecule has 0 atom stereocenters. The van der Waals surface area contributed by atoms with Gasteiger partial charge in [0.05, 0.1) is 11.1 Å². The van der Waals surface area contributed by atoms with Crippen LogP contribution in [0.25, 0.3) is 0 Å². The Bertz CT molecular complexity index is 1150. The van der Waals surface area contributed by atoms with Gasteiger partial charge in [-0.05, 0) is 48.5 Å². The molecule has 148 valence electrons. The van der Waals surface area contributed by atoms with Crippen LogP contribution in [0.4, 0.5) is 27.5 Å². The molecule has 0 aliphatic heterocycles. The largest absolute Gasteiger partial charge is 0.479 e. The van der Waals surface area contributed by atoms with Gasteiger partial charge in [-0.2, -0.15) is 10.2 Å². The molecule has 0 unspecified atom stereocenters. The van der Waals surface area contributed by atoms with Crippen molar-refractivity contribution in [2.75, 3.05) is 17.2 Å². The Balaban J connectivity index is 1.73. The highest BCUT2D eigenvalue weighted by Crippen LogP contribution is 2.23. The van der Waals surface area contributed by atoms with E-state index in [4.69, 9.17) is 15.1 Å². The average Bonchev–Trinajstić information content (AvgIpc) is 2.70. The lowest BCUT2D eigenvalue weighted by Crippen LogP contribution is -2.11. The quantitative estimate of drug-likeness (QED) is 0.535. The summed E-state index contributed by atoms with van der Waals surface area (Å²) in [5, 5.41) is 19.2. The van der Waals surface area contributed by atoms with E-state index >= 15 is 0 Å². The second kappa shape index (κ2) is 8.51. The minimum atomic E-state index is -3.79. The van der Waals surface area contributed by atoms with Crippen LogP contribution < -0.4 is 20.5 Å². The second-order valence-electron chi connectivity index (χ2n) is 5.68. The first-order valence-corrected chi connectivity index (χ1v) is 9.69.